The van der Waals surface area contributed by atoms with Crippen LogP contribution in [-0.4, -0.2) is 60.5 Å². The molecule has 0 aromatic carbocycles. The van der Waals surface area contributed by atoms with E-state index in [1.807, 2.05) is 45.2 Å². The number of aromatic nitrogens is 3. The van der Waals surface area contributed by atoms with Crippen LogP contribution in [-0.2, 0) is 11.2 Å². The Kier molecular flexibility index (Phi) is 8.38. The molecule has 33 heavy (non-hydrogen) atoms. The van der Waals surface area contributed by atoms with E-state index in [-0.39, 0.29) is 10.0 Å². The number of allylic oxidation sites excluding steroid dienone is 2. The zero-order valence-electron chi connectivity index (χ0n) is 19.1. The molecule has 0 radical (unpaired) electrons. The average molecular weight is 674 g/mol. The zero-order valence-corrected chi connectivity index (χ0v) is 23.4. The molecule has 2 atom stereocenters. The number of aliphatic hydroxyl groups is 1. The highest BCUT2D eigenvalue weighted by Gasteiger charge is 2.24. The van der Waals surface area contributed by atoms with E-state index in [0.29, 0.717) is 13.0 Å². The molecule has 2 unspecified atom stereocenters. The van der Waals surface area contributed by atoms with Crippen molar-refractivity contribution in [1.82, 2.24) is 20.1 Å². The van der Waals surface area contributed by atoms with Gasteiger partial charge in [-0.1, -0.05) is 35.2 Å². The standard InChI is InChI=1S/C24H28I2N4O3/c1-6-20-17(13-28-29-20)16-12-27-21(15-9-18(25)22(31)19(26)10-15)11-14(16)7-8-30(5)23(32)33-24(2,3)4/h6,9-13,18,22,31H,1,7-8H2,2-5H3,(H,28,29). The maximum absolute atomic E-state index is 12.4. The van der Waals surface area contributed by atoms with Gasteiger partial charge >= 0.3 is 6.09 Å². The molecule has 9 heteroatoms. The summed E-state index contributed by atoms with van der Waals surface area (Å²) in [6.45, 7) is 9.90. The van der Waals surface area contributed by atoms with Crippen LogP contribution in [0.2, 0.25) is 0 Å². The molecule has 2 aromatic rings. The molecule has 1 aliphatic carbocycles. The van der Waals surface area contributed by atoms with Crippen molar-refractivity contribution in [2.75, 3.05) is 13.6 Å². The molecule has 7 nitrogen and oxygen atoms in total. The highest BCUT2D eigenvalue weighted by atomic mass is 127. The quantitative estimate of drug-likeness (QED) is 0.317. The second-order valence-corrected chi connectivity index (χ2v) is 11.5. The summed E-state index contributed by atoms with van der Waals surface area (Å²) in [4.78, 5) is 18.7. The first-order valence-corrected chi connectivity index (χ1v) is 12.8. The van der Waals surface area contributed by atoms with Gasteiger partial charge in [-0.3, -0.25) is 10.1 Å². The minimum absolute atomic E-state index is 0.0287. The predicted molar refractivity (Wildman–Crippen MR) is 148 cm³/mol. The Morgan fingerprint density at radius 2 is 2.09 bits per heavy atom. The van der Waals surface area contributed by atoms with Gasteiger partial charge in [0.25, 0.3) is 0 Å². The number of H-pyrrole nitrogens is 1. The minimum atomic E-state index is -0.548. The van der Waals surface area contributed by atoms with Crippen molar-refractivity contribution in [1.29, 1.82) is 0 Å². The first-order chi connectivity index (χ1) is 15.5. The smallest absolute Gasteiger partial charge is 0.410 e. The predicted octanol–water partition coefficient (Wildman–Crippen LogP) is 5.40. The molecule has 0 bridgehead atoms. The molecule has 2 heterocycles. The maximum Gasteiger partial charge on any atom is 0.410 e. The van der Waals surface area contributed by atoms with Crippen LogP contribution < -0.4 is 0 Å². The summed E-state index contributed by atoms with van der Waals surface area (Å²) in [5.41, 5.74) is 4.92. The minimum Gasteiger partial charge on any atom is -0.444 e. The Morgan fingerprint density at radius 3 is 2.73 bits per heavy atom. The number of aromatic amines is 1. The number of nitrogens with one attached hydrogen (secondary N) is 1. The van der Waals surface area contributed by atoms with E-state index in [2.05, 4.69) is 62.0 Å². The van der Waals surface area contributed by atoms with E-state index < -0.39 is 11.7 Å². The van der Waals surface area contributed by atoms with E-state index in [4.69, 9.17) is 9.72 Å². The van der Waals surface area contributed by atoms with E-state index in [9.17, 15) is 9.90 Å². The van der Waals surface area contributed by atoms with Crippen LogP contribution in [0.25, 0.3) is 22.8 Å². The average Bonchev–Trinajstić information content (AvgIpc) is 3.22. The van der Waals surface area contributed by atoms with Crippen molar-refractivity contribution in [3.05, 3.63) is 57.7 Å². The summed E-state index contributed by atoms with van der Waals surface area (Å²) >= 11 is 4.41. The van der Waals surface area contributed by atoms with Crippen LogP contribution in [0.4, 0.5) is 4.79 Å². The molecule has 3 rings (SSSR count). The second kappa shape index (κ2) is 10.7. The Bertz CT molecular complexity index is 1100. The highest BCUT2D eigenvalue weighted by Crippen LogP contribution is 2.34. The van der Waals surface area contributed by atoms with Crippen molar-refractivity contribution >= 4 is 62.9 Å². The van der Waals surface area contributed by atoms with E-state index in [1.165, 1.54) is 0 Å². The lowest BCUT2D eigenvalue weighted by atomic mass is 9.95. The maximum atomic E-state index is 12.4. The van der Waals surface area contributed by atoms with Crippen LogP contribution in [0.1, 0.15) is 37.7 Å². The highest BCUT2D eigenvalue weighted by molar-refractivity contribution is 14.1. The van der Waals surface area contributed by atoms with Gasteiger partial charge in [-0.2, -0.15) is 5.10 Å². The number of carbonyl (C=O) groups is 1. The molecule has 2 N–H and O–H groups in total. The van der Waals surface area contributed by atoms with E-state index in [0.717, 1.165) is 37.2 Å². The second-order valence-electron chi connectivity index (χ2n) is 8.82. The molecule has 1 aliphatic rings. The third-order valence-corrected chi connectivity index (χ3v) is 7.08. The number of amides is 1. The first kappa shape index (κ1) is 25.9. The molecule has 0 spiro atoms. The van der Waals surface area contributed by atoms with Gasteiger partial charge in [0.15, 0.2) is 0 Å². The van der Waals surface area contributed by atoms with Crippen molar-refractivity contribution in [3.8, 4) is 11.1 Å². The van der Waals surface area contributed by atoms with E-state index in [1.54, 1.807) is 24.2 Å². The summed E-state index contributed by atoms with van der Waals surface area (Å²) in [5.74, 6) is 0. The van der Waals surface area contributed by atoms with Crippen molar-refractivity contribution < 1.29 is 14.6 Å². The topological polar surface area (TPSA) is 91.3 Å². The van der Waals surface area contributed by atoms with Gasteiger partial charge < -0.3 is 14.7 Å². The number of aliphatic hydroxyl groups excluding tert-OH is 1. The molecular formula is C24H28I2N4O3. The molecule has 0 saturated carbocycles. The Morgan fingerprint density at radius 1 is 1.36 bits per heavy atom. The largest absolute Gasteiger partial charge is 0.444 e. The lowest BCUT2D eigenvalue weighted by Crippen LogP contribution is -2.35. The Hall–Kier alpha value is -1.73. The number of alkyl halides is 1. The van der Waals surface area contributed by atoms with Crippen LogP contribution >= 0.6 is 45.2 Å². The number of carbonyl (C=O) groups excluding carboxylic acids is 1. The van der Waals surface area contributed by atoms with Crippen LogP contribution in [0.5, 0.6) is 0 Å². The van der Waals surface area contributed by atoms with Gasteiger partial charge in [-0.25, -0.2) is 4.79 Å². The molecule has 1 amide bonds. The summed E-state index contributed by atoms with van der Waals surface area (Å²) in [6, 6.07) is 2.05. The monoisotopic (exact) mass is 674 g/mol. The van der Waals surface area contributed by atoms with Gasteiger partial charge in [0, 0.05) is 34.5 Å². The Labute approximate surface area is 221 Å². The lowest BCUT2D eigenvalue weighted by molar-refractivity contribution is 0.0301. The number of ether oxygens (including phenoxy) is 1. The fraction of sp³-hybridized carbons (Fsp3) is 0.375. The summed E-state index contributed by atoms with van der Waals surface area (Å²) in [6.07, 6.45) is 9.06. The lowest BCUT2D eigenvalue weighted by Gasteiger charge is -2.25. The molecule has 176 valence electrons. The molecule has 0 saturated heterocycles. The summed E-state index contributed by atoms with van der Waals surface area (Å²) in [7, 11) is 1.74. The van der Waals surface area contributed by atoms with Gasteiger partial charge in [0.05, 0.1) is 27.6 Å². The van der Waals surface area contributed by atoms with Gasteiger partial charge in [-0.15, -0.1) is 0 Å². The van der Waals surface area contributed by atoms with Crippen molar-refractivity contribution in [2.24, 2.45) is 0 Å². The third kappa shape index (κ3) is 6.44. The molecular weight excluding hydrogens is 646 g/mol. The van der Waals surface area contributed by atoms with Crippen LogP contribution in [0, 0.1) is 0 Å². The number of hydrogen-bond donors (Lipinski definition) is 2. The van der Waals surface area contributed by atoms with Crippen LogP contribution in [0.15, 0.2) is 40.8 Å². The fourth-order valence-corrected chi connectivity index (χ4v) is 5.53. The fourth-order valence-electron chi connectivity index (χ4n) is 3.35. The van der Waals surface area contributed by atoms with Gasteiger partial charge in [-0.05, 0) is 79.1 Å². The number of pyridine rings is 1. The normalized spacial score (nSPS) is 18.4. The number of halogens is 2. The van der Waals surface area contributed by atoms with Gasteiger partial charge in [0.2, 0.25) is 0 Å². The first-order valence-electron chi connectivity index (χ1n) is 10.5. The Balaban J connectivity index is 1.95. The van der Waals surface area contributed by atoms with Crippen LogP contribution in [0.3, 0.4) is 0 Å². The summed E-state index contributed by atoms with van der Waals surface area (Å²) in [5, 5.41) is 17.4. The number of hydrogen-bond acceptors (Lipinski definition) is 5. The number of nitrogens with zero attached hydrogens (tertiary/aromatic N) is 3. The van der Waals surface area contributed by atoms with Crippen molar-refractivity contribution in [3.63, 3.8) is 0 Å². The number of rotatable bonds is 6. The third-order valence-electron chi connectivity index (χ3n) is 5.09. The van der Waals surface area contributed by atoms with Crippen molar-refractivity contribution in [2.45, 2.75) is 42.8 Å². The summed E-state index contributed by atoms with van der Waals surface area (Å²) < 4.78 is 6.33. The number of likely N-dealkylation sites (N-methyl/N-ethyl adjacent to an activating group) is 1. The molecule has 0 fully saturated rings. The van der Waals surface area contributed by atoms with E-state index >= 15 is 0 Å². The van der Waals surface area contributed by atoms with Gasteiger partial charge in [0.1, 0.15) is 5.60 Å². The molecule has 0 aliphatic heterocycles. The SMILES string of the molecule is C=Cc1[nH]ncc1-c1cnc(C2=CC(I)C(O)C(I)=C2)cc1CCN(C)C(=O)OC(C)(C)C. The zero-order chi connectivity index (χ0) is 24.3. The molecule has 2 aromatic heterocycles.